The molecule has 22 heavy (non-hydrogen) atoms. The number of hydrogen-bond donors (Lipinski definition) is 2. The van der Waals surface area contributed by atoms with Crippen LogP contribution in [-0.2, 0) is 10.0 Å². The van der Waals surface area contributed by atoms with Crippen molar-refractivity contribution in [3.63, 3.8) is 0 Å². The molecular weight excluding hydrogens is 306 g/mol. The molecule has 1 aliphatic heterocycles. The maximum Gasteiger partial charge on any atom is 0.257 e. The van der Waals surface area contributed by atoms with Crippen LogP contribution in [0, 0.1) is 0 Å². The summed E-state index contributed by atoms with van der Waals surface area (Å²) in [7, 11) is -2.43. The predicted molar refractivity (Wildman–Crippen MR) is 82.4 cm³/mol. The van der Waals surface area contributed by atoms with E-state index in [1.54, 1.807) is 4.90 Å². The van der Waals surface area contributed by atoms with Gasteiger partial charge in [0.2, 0.25) is 10.0 Å². The van der Waals surface area contributed by atoms with Gasteiger partial charge in [-0.05, 0) is 24.6 Å². The number of nitrogens with one attached hydrogen (secondary N) is 1. The Morgan fingerprint density at radius 3 is 2.82 bits per heavy atom. The summed E-state index contributed by atoms with van der Waals surface area (Å²) in [6.07, 6.45) is 0.915. The zero-order valence-corrected chi connectivity index (χ0v) is 13.5. The van der Waals surface area contributed by atoms with Crippen LogP contribution < -0.4 is 15.2 Å². The molecule has 0 unspecified atom stereocenters. The Morgan fingerprint density at radius 2 is 2.23 bits per heavy atom. The summed E-state index contributed by atoms with van der Waals surface area (Å²) in [5.74, 6) is 0.0891. The smallest absolute Gasteiger partial charge is 0.257 e. The van der Waals surface area contributed by atoms with E-state index in [0.717, 1.165) is 6.42 Å². The molecule has 122 valence electrons. The topological polar surface area (TPSA) is 102 Å². The van der Waals surface area contributed by atoms with Gasteiger partial charge in [-0.15, -0.1) is 0 Å². The molecule has 1 saturated heterocycles. The van der Waals surface area contributed by atoms with E-state index in [2.05, 4.69) is 5.32 Å². The number of sulfonamides is 1. The first kappa shape index (κ1) is 16.7. The Hall–Kier alpha value is -1.64. The van der Waals surface area contributed by atoms with Crippen LogP contribution in [-0.4, -0.2) is 52.0 Å². The zero-order chi connectivity index (χ0) is 16.3. The third kappa shape index (κ3) is 3.57. The summed E-state index contributed by atoms with van der Waals surface area (Å²) >= 11 is 0. The van der Waals surface area contributed by atoms with Crippen LogP contribution in [0.5, 0.6) is 5.75 Å². The minimum absolute atomic E-state index is 0.0983. The number of nitrogens with two attached hydrogens (primary N) is 1. The number of carbonyl (C=O) groups is 1. The molecule has 1 atom stereocenters. The second-order valence-electron chi connectivity index (χ2n) is 5.22. The lowest BCUT2D eigenvalue weighted by molar-refractivity contribution is 0.0698. The molecule has 7 nitrogen and oxygen atoms in total. The maximum absolute atomic E-state index is 12.7. The van der Waals surface area contributed by atoms with Crippen molar-refractivity contribution in [3.05, 3.63) is 23.8 Å². The molecule has 0 saturated carbocycles. The van der Waals surface area contributed by atoms with Crippen LogP contribution in [0.2, 0.25) is 0 Å². The number of rotatable bonds is 4. The Morgan fingerprint density at radius 1 is 1.50 bits per heavy atom. The summed E-state index contributed by atoms with van der Waals surface area (Å²) in [6, 6.07) is 4.30. The molecule has 1 fully saturated rings. The van der Waals surface area contributed by atoms with Gasteiger partial charge in [-0.3, -0.25) is 4.79 Å². The molecule has 2 rings (SSSR count). The average Bonchev–Trinajstić information content (AvgIpc) is 2.52. The fourth-order valence-electron chi connectivity index (χ4n) is 2.48. The van der Waals surface area contributed by atoms with Gasteiger partial charge in [0.25, 0.3) is 5.91 Å². The molecule has 1 amide bonds. The number of primary sulfonamides is 1. The Bertz CT molecular complexity index is 660. The van der Waals surface area contributed by atoms with E-state index in [4.69, 9.17) is 9.88 Å². The maximum atomic E-state index is 12.7. The van der Waals surface area contributed by atoms with Crippen LogP contribution in [0.15, 0.2) is 23.1 Å². The van der Waals surface area contributed by atoms with Crippen LogP contribution >= 0.6 is 0 Å². The summed E-state index contributed by atoms with van der Waals surface area (Å²) in [5, 5.41) is 8.46. The number of methoxy groups -OCH3 is 1. The lowest BCUT2D eigenvalue weighted by Crippen LogP contribution is -2.52. The fraction of sp³-hybridized carbons (Fsp3) is 0.500. The highest BCUT2D eigenvalue weighted by atomic mass is 32.2. The third-order valence-electron chi connectivity index (χ3n) is 3.77. The number of amides is 1. The fourth-order valence-corrected chi connectivity index (χ4v) is 3.02. The highest BCUT2D eigenvalue weighted by Crippen LogP contribution is 2.24. The highest BCUT2D eigenvalue weighted by molar-refractivity contribution is 7.89. The van der Waals surface area contributed by atoms with Crippen LogP contribution in [0.3, 0.4) is 0 Å². The number of carbonyl (C=O) groups excluding carboxylic acids is 1. The molecule has 1 heterocycles. The van der Waals surface area contributed by atoms with E-state index in [-0.39, 0.29) is 22.4 Å². The standard InChI is InChI=1S/C14H21N3O4S/c1-3-10-9-17(7-6-16-10)14(18)12-8-11(22(15,19)20)4-5-13(12)21-2/h4-5,8,10,16H,3,6-7,9H2,1-2H3,(H2,15,19,20)/t10-/m1/s1. The molecule has 0 aliphatic carbocycles. The average molecular weight is 327 g/mol. The number of benzene rings is 1. The summed E-state index contributed by atoms with van der Waals surface area (Å²) in [5.41, 5.74) is 0.214. The second kappa shape index (κ2) is 6.64. The summed E-state index contributed by atoms with van der Waals surface area (Å²) < 4.78 is 28.1. The molecule has 3 N–H and O–H groups in total. The van der Waals surface area contributed by atoms with E-state index in [0.29, 0.717) is 25.4 Å². The van der Waals surface area contributed by atoms with Crippen LogP contribution in [0.1, 0.15) is 23.7 Å². The third-order valence-corrected chi connectivity index (χ3v) is 4.68. The van der Waals surface area contributed by atoms with Gasteiger partial charge in [-0.1, -0.05) is 6.92 Å². The number of nitrogens with zero attached hydrogens (tertiary/aromatic N) is 1. The van der Waals surface area contributed by atoms with Gasteiger partial charge < -0.3 is 15.0 Å². The Labute approximate surface area is 130 Å². The van der Waals surface area contributed by atoms with E-state index in [1.165, 1.54) is 25.3 Å². The van der Waals surface area contributed by atoms with E-state index < -0.39 is 10.0 Å². The number of ether oxygens (including phenoxy) is 1. The van der Waals surface area contributed by atoms with Crippen molar-refractivity contribution in [2.75, 3.05) is 26.7 Å². The van der Waals surface area contributed by atoms with Crippen molar-refractivity contribution >= 4 is 15.9 Å². The Kier molecular flexibility index (Phi) is 5.05. The van der Waals surface area contributed by atoms with Gasteiger partial charge in [-0.2, -0.15) is 0 Å². The first-order chi connectivity index (χ1) is 10.4. The quantitative estimate of drug-likeness (QED) is 0.820. The minimum Gasteiger partial charge on any atom is -0.496 e. The van der Waals surface area contributed by atoms with Crippen LogP contribution in [0.25, 0.3) is 0 Å². The molecule has 1 aromatic rings. The van der Waals surface area contributed by atoms with Gasteiger partial charge in [0.15, 0.2) is 0 Å². The number of piperazine rings is 1. The van der Waals surface area contributed by atoms with Gasteiger partial charge >= 0.3 is 0 Å². The molecular formula is C14H21N3O4S. The van der Waals surface area contributed by atoms with Crippen molar-refractivity contribution in [1.29, 1.82) is 0 Å². The van der Waals surface area contributed by atoms with E-state index >= 15 is 0 Å². The predicted octanol–water partition coefficient (Wildman–Crippen LogP) is 0.167. The normalized spacial score (nSPS) is 19.0. The SMILES string of the molecule is CC[C@@H]1CN(C(=O)c2cc(S(N)(=O)=O)ccc2OC)CCN1. The molecule has 0 spiro atoms. The molecule has 1 aliphatic rings. The van der Waals surface area contributed by atoms with Gasteiger partial charge in [-0.25, -0.2) is 13.6 Å². The number of hydrogen-bond acceptors (Lipinski definition) is 5. The lowest BCUT2D eigenvalue weighted by Gasteiger charge is -2.33. The monoisotopic (exact) mass is 327 g/mol. The largest absolute Gasteiger partial charge is 0.496 e. The first-order valence-corrected chi connectivity index (χ1v) is 8.65. The first-order valence-electron chi connectivity index (χ1n) is 7.10. The molecule has 1 aromatic carbocycles. The minimum atomic E-state index is -3.87. The van der Waals surface area contributed by atoms with E-state index in [9.17, 15) is 13.2 Å². The molecule has 0 radical (unpaired) electrons. The van der Waals surface area contributed by atoms with Crippen molar-refractivity contribution < 1.29 is 17.9 Å². The van der Waals surface area contributed by atoms with Crippen molar-refractivity contribution in [1.82, 2.24) is 10.2 Å². The molecule has 0 bridgehead atoms. The van der Waals surface area contributed by atoms with Gasteiger partial charge in [0.05, 0.1) is 17.6 Å². The van der Waals surface area contributed by atoms with E-state index in [1.807, 2.05) is 6.92 Å². The van der Waals surface area contributed by atoms with Crippen molar-refractivity contribution in [2.45, 2.75) is 24.3 Å². The summed E-state index contributed by atoms with van der Waals surface area (Å²) in [4.78, 5) is 14.3. The zero-order valence-electron chi connectivity index (χ0n) is 12.7. The van der Waals surface area contributed by atoms with Crippen molar-refractivity contribution in [2.24, 2.45) is 5.14 Å². The van der Waals surface area contributed by atoms with Gasteiger partial charge in [0, 0.05) is 25.7 Å². The molecule has 8 heteroatoms. The highest BCUT2D eigenvalue weighted by Gasteiger charge is 2.26. The Balaban J connectivity index is 2.35. The summed E-state index contributed by atoms with van der Waals surface area (Å²) in [6.45, 7) is 3.91. The van der Waals surface area contributed by atoms with Crippen molar-refractivity contribution in [3.8, 4) is 5.75 Å². The van der Waals surface area contributed by atoms with Crippen LogP contribution in [0.4, 0.5) is 0 Å². The lowest BCUT2D eigenvalue weighted by atomic mass is 10.1. The van der Waals surface area contributed by atoms with Gasteiger partial charge in [0.1, 0.15) is 5.75 Å². The second-order valence-corrected chi connectivity index (χ2v) is 6.78. The molecule has 0 aromatic heterocycles.